The second-order valence-corrected chi connectivity index (χ2v) is 5.21. The van der Waals surface area contributed by atoms with Gasteiger partial charge in [0.1, 0.15) is 23.1 Å². The maximum Gasteiger partial charge on any atom is 0.408 e. The second kappa shape index (κ2) is 7.02. The van der Waals surface area contributed by atoms with Crippen LogP contribution in [0.25, 0.3) is 0 Å². The number of nitrogens with one attached hydrogen (secondary N) is 1. The number of carboxylic acid groups (broad SMARTS) is 1. The molecule has 0 aromatic heterocycles. The summed E-state index contributed by atoms with van der Waals surface area (Å²) in [5.41, 5.74) is -0.341. The predicted octanol–water partition coefficient (Wildman–Crippen LogP) is 2.14. The lowest BCUT2D eigenvalue weighted by Gasteiger charge is -2.27. The summed E-state index contributed by atoms with van der Waals surface area (Å²) in [4.78, 5) is 22.5. The highest BCUT2D eigenvalue weighted by Gasteiger charge is 2.28. The summed E-state index contributed by atoms with van der Waals surface area (Å²) in [5.74, 6) is -0.0199. The van der Waals surface area contributed by atoms with Crippen molar-refractivity contribution in [2.24, 2.45) is 0 Å². The van der Waals surface area contributed by atoms with E-state index in [0.29, 0.717) is 17.1 Å². The smallest absolute Gasteiger partial charge is 0.408 e. The molecule has 122 valence electrons. The van der Waals surface area contributed by atoms with Gasteiger partial charge in [-0.15, -0.1) is 0 Å². The first kappa shape index (κ1) is 17.6. The van der Waals surface area contributed by atoms with Gasteiger partial charge in [-0.1, -0.05) is 0 Å². The molecule has 0 aliphatic heterocycles. The molecule has 0 aliphatic carbocycles. The third-order valence-corrected chi connectivity index (χ3v) is 3.10. The fourth-order valence-electron chi connectivity index (χ4n) is 1.71. The Balaban J connectivity index is 2.93. The Morgan fingerprint density at radius 3 is 2.05 bits per heavy atom. The summed E-state index contributed by atoms with van der Waals surface area (Å²) >= 11 is 0. The minimum Gasteiger partial charge on any atom is -0.497 e. The molecule has 0 fully saturated rings. The van der Waals surface area contributed by atoms with E-state index in [9.17, 15) is 9.59 Å². The maximum absolute atomic E-state index is 11.8. The Morgan fingerprint density at radius 2 is 1.64 bits per heavy atom. The van der Waals surface area contributed by atoms with Gasteiger partial charge in [0.2, 0.25) is 0 Å². The number of benzene rings is 1. The fraction of sp³-hybridized carbons (Fsp3) is 0.467. The van der Waals surface area contributed by atoms with Gasteiger partial charge in [-0.3, -0.25) is 4.79 Å². The molecule has 0 aliphatic rings. The number of carboxylic acids is 1. The molecule has 7 nitrogen and oxygen atoms in total. The summed E-state index contributed by atoms with van der Waals surface area (Å²) in [6.07, 6.45) is -0.818. The predicted molar refractivity (Wildman–Crippen MR) is 79.3 cm³/mol. The average molecular weight is 311 g/mol. The molecule has 22 heavy (non-hydrogen) atoms. The third kappa shape index (κ3) is 4.54. The molecular weight excluding hydrogens is 290 g/mol. The average Bonchev–Trinajstić information content (AvgIpc) is 2.45. The molecule has 0 unspecified atom stereocenters. The number of carbonyl (C=O) groups is 2. The van der Waals surface area contributed by atoms with Gasteiger partial charge in [0.25, 0.3) is 0 Å². The van der Waals surface area contributed by atoms with Crippen LogP contribution in [0.15, 0.2) is 18.2 Å². The van der Waals surface area contributed by atoms with E-state index < -0.39 is 23.7 Å². The van der Waals surface area contributed by atoms with Crippen molar-refractivity contribution in [1.82, 2.24) is 5.32 Å². The first-order chi connectivity index (χ1) is 10.2. The van der Waals surface area contributed by atoms with Gasteiger partial charge >= 0.3 is 12.1 Å². The standard InChI is InChI=1S/C15H21NO6/c1-9(13(17)18)16-14(19)22-15(2,3)10-6-11(20-4)8-12(7-10)21-5/h6-9H,1-5H3,(H,16,19)(H,17,18)/t9-/m1/s1. The Morgan fingerprint density at radius 1 is 1.14 bits per heavy atom. The topological polar surface area (TPSA) is 94.1 Å². The third-order valence-electron chi connectivity index (χ3n) is 3.10. The van der Waals surface area contributed by atoms with E-state index in [1.807, 2.05) is 0 Å². The van der Waals surface area contributed by atoms with Gasteiger partial charge in [0.15, 0.2) is 0 Å². The van der Waals surface area contributed by atoms with Crippen molar-refractivity contribution in [3.05, 3.63) is 23.8 Å². The number of hydrogen-bond donors (Lipinski definition) is 2. The minimum atomic E-state index is -1.14. The summed E-state index contributed by atoms with van der Waals surface area (Å²) in [6.45, 7) is 4.73. The van der Waals surface area contributed by atoms with Gasteiger partial charge in [-0.25, -0.2) is 4.79 Å². The summed E-state index contributed by atoms with van der Waals surface area (Å²) in [7, 11) is 3.04. The Labute approximate surface area is 129 Å². The van der Waals surface area contributed by atoms with Crippen LogP contribution in [0, 0.1) is 0 Å². The maximum atomic E-state index is 11.8. The molecule has 0 bridgehead atoms. The van der Waals surface area contributed by atoms with Crippen LogP contribution >= 0.6 is 0 Å². The molecular formula is C15H21NO6. The molecule has 1 amide bonds. The molecule has 0 heterocycles. The van der Waals surface area contributed by atoms with Crippen molar-refractivity contribution in [2.45, 2.75) is 32.4 Å². The van der Waals surface area contributed by atoms with E-state index in [1.54, 1.807) is 32.0 Å². The number of hydrogen-bond acceptors (Lipinski definition) is 5. The van der Waals surface area contributed by atoms with Crippen LogP contribution in [0.3, 0.4) is 0 Å². The normalized spacial score (nSPS) is 12.2. The van der Waals surface area contributed by atoms with Crippen LogP contribution in [0.2, 0.25) is 0 Å². The molecule has 7 heteroatoms. The number of alkyl carbamates (subject to hydrolysis) is 1. The summed E-state index contributed by atoms with van der Waals surface area (Å²) < 4.78 is 15.7. The highest BCUT2D eigenvalue weighted by Crippen LogP contribution is 2.32. The lowest BCUT2D eigenvalue weighted by atomic mass is 9.97. The number of carbonyl (C=O) groups excluding carboxylic acids is 1. The van der Waals surface area contributed by atoms with Crippen molar-refractivity contribution >= 4 is 12.1 Å². The van der Waals surface area contributed by atoms with E-state index in [0.717, 1.165) is 0 Å². The van der Waals surface area contributed by atoms with E-state index >= 15 is 0 Å². The van der Waals surface area contributed by atoms with Gasteiger partial charge in [-0.05, 0) is 32.9 Å². The van der Waals surface area contributed by atoms with Gasteiger partial charge < -0.3 is 24.6 Å². The first-order valence-corrected chi connectivity index (χ1v) is 6.65. The number of amides is 1. The van der Waals surface area contributed by atoms with Crippen molar-refractivity contribution in [3.8, 4) is 11.5 Å². The SMILES string of the molecule is COc1cc(OC)cc(C(C)(C)OC(=O)N[C@H](C)C(=O)O)c1. The van der Waals surface area contributed by atoms with Crippen molar-refractivity contribution in [2.75, 3.05) is 14.2 Å². The molecule has 0 saturated carbocycles. The van der Waals surface area contributed by atoms with Crippen LogP contribution in [0.5, 0.6) is 11.5 Å². The van der Waals surface area contributed by atoms with Gasteiger partial charge in [0, 0.05) is 11.6 Å². The van der Waals surface area contributed by atoms with Crippen LogP contribution in [-0.2, 0) is 15.1 Å². The fourth-order valence-corrected chi connectivity index (χ4v) is 1.71. The molecule has 2 N–H and O–H groups in total. The molecule has 1 atom stereocenters. The molecule has 1 aromatic carbocycles. The second-order valence-electron chi connectivity index (χ2n) is 5.21. The van der Waals surface area contributed by atoms with Crippen molar-refractivity contribution in [1.29, 1.82) is 0 Å². The van der Waals surface area contributed by atoms with Gasteiger partial charge in [0.05, 0.1) is 14.2 Å². The number of rotatable bonds is 6. The number of methoxy groups -OCH3 is 2. The van der Waals surface area contributed by atoms with Crippen LogP contribution in [-0.4, -0.2) is 37.4 Å². The zero-order chi connectivity index (χ0) is 16.9. The number of aliphatic carboxylic acids is 1. The van der Waals surface area contributed by atoms with E-state index in [1.165, 1.54) is 21.1 Å². The molecule has 0 saturated heterocycles. The summed E-state index contributed by atoms with van der Waals surface area (Å²) in [6, 6.07) is 4.10. The molecule has 0 radical (unpaired) electrons. The largest absolute Gasteiger partial charge is 0.497 e. The first-order valence-electron chi connectivity index (χ1n) is 6.65. The van der Waals surface area contributed by atoms with Crippen LogP contribution < -0.4 is 14.8 Å². The minimum absolute atomic E-state index is 0.560. The highest BCUT2D eigenvalue weighted by atomic mass is 16.6. The van der Waals surface area contributed by atoms with E-state index in [2.05, 4.69) is 5.32 Å². The molecule has 0 spiro atoms. The monoisotopic (exact) mass is 311 g/mol. The van der Waals surface area contributed by atoms with Gasteiger partial charge in [-0.2, -0.15) is 0 Å². The highest BCUT2D eigenvalue weighted by molar-refractivity contribution is 5.79. The summed E-state index contributed by atoms with van der Waals surface area (Å²) in [5, 5.41) is 11.0. The molecule has 1 aromatic rings. The van der Waals surface area contributed by atoms with Crippen molar-refractivity contribution in [3.63, 3.8) is 0 Å². The zero-order valence-electron chi connectivity index (χ0n) is 13.3. The Kier molecular flexibility index (Phi) is 5.62. The van der Waals surface area contributed by atoms with Crippen LogP contribution in [0.4, 0.5) is 4.79 Å². The van der Waals surface area contributed by atoms with E-state index in [-0.39, 0.29) is 0 Å². The lowest BCUT2D eigenvalue weighted by molar-refractivity contribution is -0.139. The number of ether oxygens (including phenoxy) is 3. The van der Waals surface area contributed by atoms with Crippen molar-refractivity contribution < 1.29 is 28.9 Å². The lowest BCUT2D eigenvalue weighted by Crippen LogP contribution is -2.41. The van der Waals surface area contributed by atoms with E-state index in [4.69, 9.17) is 19.3 Å². The Bertz CT molecular complexity index is 533. The quantitative estimate of drug-likeness (QED) is 0.836. The zero-order valence-corrected chi connectivity index (χ0v) is 13.3. The molecule has 1 rings (SSSR count). The Hall–Kier alpha value is -2.44. The van der Waals surface area contributed by atoms with Crippen LogP contribution in [0.1, 0.15) is 26.3 Å².